The van der Waals surface area contributed by atoms with Gasteiger partial charge in [0, 0.05) is 12.5 Å². The van der Waals surface area contributed by atoms with Crippen LogP contribution in [0.4, 0.5) is 0 Å². The molecule has 19 heavy (non-hydrogen) atoms. The minimum absolute atomic E-state index is 0.235. The van der Waals surface area contributed by atoms with Crippen LogP contribution in [0.25, 0.3) is 0 Å². The SMILES string of the molecule is OC1OCCCC1C/C=C\COCc1ccccc1. The van der Waals surface area contributed by atoms with Crippen molar-refractivity contribution in [3.05, 3.63) is 48.0 Å². The van der Waals surface area contributed by atoms with Gasteiger partial charge in [-0.15, -0.1) is 0 Å². The van der Waals surface area contributed by atoms with E-state index >= 15 is 0 Å². The molecule has 0 saturated carbocycles. The summed E-state index contributed by atoms with van der Waals surface area (Å²) in [7, 11) is 0. The third-order valence-corrected chi connectivity index (χ3v) is 3.34. The number of aliphatic hydroxyl groups excluding tert-OH is 1. The molecule has 0 spiro atoms. The van der Waals surface area contributed by atoms with Gasteiger partial charge >= 0.3 is 0 Å². The number of hydrogen-bond donors (Lipinski definition) is 1. The molecule has 1 saturated heterocycles. The first kappa shape index (κ1) is 14.3. The van der Waals surface area contributed by atoms with Crippen LogP contribution in [0.15, 0.2) is 42.5 Å². The summed E-state index contributed by atoms with van der Waals surface area (Å²) in [6, 6.07) is 10.1. The molecule has 2 unspecified atom stereocenters. The Morgan fingerprint density at radius 2 is 2.11 bits per heavy atom. The van der Waals surface area contributed by atoms with Crippen LogP contribution in [-0.2, 0) is 16.1 Å². The molecule has 1 aliphatic heterocycles. The highest BCUT2D eigenvalue weighted by atomic mass is 16.6. The predicted molar refractivity (Wildman–Crippen MR) is 74.5 cm³/mol. The largest absolute Gasteiger partial charge is 0.373 e. The van der Waals surface area contributed by atoms with Crippen LogP contribution >= 0.6 is 0 Å². The Balaban J connectivity index is 1.59. The molecule has 3 heteroatoms. The Morgan fingerprint density at radius 1 is 1.26 bits per heavy atom. The first-order valence-electron chi connectivity index (χ1n) is 6.92. The van der Waals surface area contributed by atoms with Gasteiger partial charge in [0.25, 0.3) is 0 Å². The number of aliphatic hydroxyl groups is 1. The van der Waals surface area contributed by atoms with E-state index in [1.807, 2.05) is 24.3 Å². The normalized spacial score (nSPS) is 23.8. The van der Waals surface area contributed by atoms with Gasteiger partial charge in [0.05, 0.1) is 13.2 Å². The van der Waals surface area contributed by atoms with Gasteiger partial charge in [-0.2, -0.15) is 0 Å². The first-order valence-corrected chi connectivity index (χ1v) is 6.92. The van der Waals surface area contributed by atoms with E-state index in [9.17, 15) is 5.11 Å². The van der Waals surface area contributed by atoms with Crippen LogP contribution in [0.2, 0.25) is 0 Å². The lowest BCUT2D eigenvalue weighted by molar-refractivity contribution is -0.157. The summed E-state index contributed by atoms with van der Waals surface area (Å²) in [5, 5.41) is 9.63. The molecular weight excluding hydrogens is 240 g/mol. The van der Waals surface area contributed by atoms with Crippen LogP contribution in [0.3, 0.4) is 0 Å². The second-order valence-corrected chi connectivity index (χ2v) is 4.87. The zero-order valence-electron chi connectivity index (χ0n) is 11.2. The molecule has 1 aromatic carbocycles. The van der Waals surface area contributed by atoms with Gasteiger partial charge in [-0.1, -0.05) is 42.5 Å². The Kier molecular flexibility index (Phi) is 6.08. The molecule has 104 valence electrons. The molecule has 1 N–H and O–H groups in total. The summed E-state index contributed by atoms with van der Waals surface area (Å²) in [4.78, 5) is 0. The fraction of sp³-hybridized carbons (Fsp3) is 0.500. The van der Waals surface area contributed by atoms with Crippen LogP contribution in [0.1, 0.15) is 24.8 Å². The molecule has 1 aromatic rings. The highest BCUT2D eigenvalue weighted by Gasteiger charge is 2.22. The maximum absolute atomic E-state index is 9.63. The van der Waals surface area contributed by atoms with E-state index in [0.29, 0.717) is 19.8 Å². The average Bonchev–Trinajstić information content (AvgIpc) is 2.45. The molecule has 1 heterocycles. The van der Waals surface area contributed by atoms with Gasteiger partial charge in [0.1, 0.15) is 0 Å². The van der Waals surface area contributed by atoms with Crippen LogP contribution < -0.4 is 0 Å². The van der Waals surface area contributed by atoms with E-state index in [1.54, 1.807) is 0 Å². The predicted octanol–water partition coefficient (Wildman–Crippen LogP) is 2.89. The van der Waals surface area contributed by atoms with Gasteiger partial charge in [0.15, 0.2) is 6.29 Å². The monoisotopic (exact) mass is 262 g/mol. The molecule has 2 rings (SSSR count). The summed E-state index contributed by atoms with van der Waals surface area (Å²) in [6.07, 6.45) is 6.44. The van der Waals surface area contributed by atoms with Crippen molar-refractivity contribution in [2.45, 2.75) is 32.2 Å². The van der Waals surface area contributed by atoms with Gasteiger partial charge < -0.3 is 14.6 Å². The summed E-state index contributed by atoms with van der Waals surface area (Å²) in [6.45, 7) is 1.93. The van der Waals surface area contributed by atoms with Crippen molar-refractivity contribution in [3.63, 3.8) is 0 Å². The van der Waals surface area contributed by atoms with Gasteiger partial charge in [0.2, 0.25) is 0 Å². The van der Waals surface area contributed by atoms with E-state index in [1.165, 1.54) is 5.56 Å². The molecule has 0 radical (unpaired) electrons. The quantitative estimate of drug-likeness (QED) is 0.633. The number of benzene rings is 1. The van der Waals surface area contributed by atoms with Crippen LogP contribution in [-0.4, -0.2) is 24.6 Å². The fourth-order valence-electron chi connectivity index (χ4n) is 2.22. The van der Waals surface area contributed by atoms with Gasteiger partial charge in [-0.3, -0.25) is 0 Å². The number of ether oxygens (including phenoxy) is 2. The van der Waals surface area contributed by atoms with Crippen LogP contribution in [0.5, 0.6) is 0 Å². The minimum atomic E-state index is -0.594. The van der Waals surface area contributed by atoms with E-state index in [-0.39, 0.29) is 5.92 Å². The molecule has 3 nitrogen and oxygen atoms in total. The topological polar surface area (TPSA) is 38.7 Å². The summed E-state index contributed by atoms with van der Waals surface area (Å²) in [5.74, 6) is 0.235. The minimum Gasteiger partial charge on any atom is -0.373 e. The number of allylic oxidation sites excluding steroid dienone is 1. The molecule has 0 bridgehead atoms. The van der Waals surface area contributed by atoms with Crippen molar-refractivity contribution in [1.29, 1.82) is 0 Å². The molecule has 1 aliphatic rings. The molecule has 1 fully saturated rings. The second kappa shape index (κ2) is 8.10. The van der Waals surface area contributed by atoms with Crippen molar-refractivity contribution in [2.75, 3.05) is 13.2 Å². The summed E-state index contributed by atoms with van der Waals surface area (Å²) < 4.78 is 10.8. The zero-order valence-corrected chi connectivity index (χ0v) is 11.2. The van der Waals surface area contributed by atoms with Crippen LogP contribution in [0, 0.1) is 5.92 Å². The maximum atomic E-state index is 9.63. The highest BCUT2D eigenvalue weighted by Crippen LogP contribution is 2.22. The second-order valence-electron chi connectivity index (χ2n) is 4.87. The molecule has 0 aromatic heterocycles. The lowest BCUT2D eigenvalue weighted by Gasteiger charge is -2.26. The third-order valence-electron chi connectivity index (χ3n) is 3.34. The Bertz CT molecular complexity index is 375. The Hall–Kier alpha value is -1.16. The van der Waals surface area contributed by atoms with E-state index in [2.05, 4.69) is 18.2 Å². The van der Waals surface area contributed by atoms with Gasteiger partial charge in [-0.05, 0) is 24.8 Å². The van der Waals surface area contributed by atoms with Crippen molar-refractivity contribution >= 4 is 0 Å². The smallest absolute Gasteiger partial charge is 0.157 e. The number of hydrogen-bond acceptors (Lipinski definition) is 3. The van der Waals surface area contributed by atoms with Crippen molar-refractivity contribution < 1.29 is 14.6 Å². The fourth-order valence-corrected chi connectivity index (χ4v) is 2.22. The number of rotatable bonds is 6. The average molecular weight is 262 g/mol. The first-order chi connectivity index (χ1) is 9.36. The maximum Gasteiger partial charge on any atom is 0.157 e. The van der Waals surface area contributed by atoms with E-state index in [0.717, 1.165) is 19.3 Å². The molecular formula is C16H22O3. The van der Waals surface area contributed by atoms with Gasteiger partial charge in [-0.25, -0.2) is 0 Å². The zero-order chi connectivity index (χ0) is 13.3. The Morgan fingerprint density at radius 3 is 2.89 bits per heavy atom. The molecule has 0 amide bonds. The summed E-state index contributed by atoms with van der Waals surface area (Å²) >= 11 is 0. The highest BCUT2D eigenvalue weighted by molar-refractivity contribution is 5.13. The lowest BCUT2D eigenvalue weighted by atomic mass is 9.97. The standard InChI is InChI=1S/C16H22O3/c17-16-15(10-6-12-19-16)9-4-5-11-18-13-14-7-2-1-3-8-14/h1-5,7-8,15-17H,6,9-13H2/b5-4-. The molecule has 2 atom stereocenters. The van der Waals surface area contributed by atoms with E-state index < -0.39 is 6.29 Å². The lowest BCUT2D eigenvalue weighted by Crippen LogP contribution is -2.28. The van der Waals surface area contributed by atoms with Crippen molar-refractivity contribution in [1.82, 2.24) is 0 Å². The third kappa shape index (κ3) is 5.15. The van der Waals surface area contributed by atoms with Crippen molar-refractivity contribution in [3.8, 4) is 0 Å². The summed E-state index contributed by atoms with van der Waals surface area (Å²) in [5.41, 5.74) is 1.19. The van der Waals surface area contributed by atoms with E-state index in [4.69, 9.17) is 9.47 Å². The molecule has 0 aliphatic carbocycles. The Labute approximate surface area is 114 Å². The van der Waals surface area contributed by atoms with Crippen molar-refractivity contribution in [2.24, 2.45) is 5.92 Å².